The van der Waals surface area contributed by atoms with Crippen molar-refractivity contribution in [1.29, 1.82) is 0 Å². The van der Waals surface area contributed by atoms with Crippen molar-refractivity contribution in [2.45, 2.75) is 84.3 Å². The molecule has 0 heterocycles. The topological polar surface area (TPSA) is 63.6 Å². The van der Waals surface area contributed by atoms with E-state index in [0.29, 0.717) is 36.4 Å². The number of fused-ring (bicyclic) bond motifs is 5. The summed E-state index contributed by atoms with van der Waals surface area (Å²) >= 11 is 0. The summed E-state index contributed by atoms with van der Waals surface area (Å²) < 4.78 is 5.68. The largest absolute Gasteiger partial charge is 0.462 e. The van der Waals surface area contributed by atoms with Gasteiger partial charge >= 0.3 is 5.97 Å². The van der Waals surface area contributed by atoms with Crippen LogP contribution < -0.4 is 0 Å². The lowest BCUT2D eigenvalue weighted by Gasteiger charge is -2.59. The second-order valence-electron chi connectivity index (χ2n) is 9.75. The summed E-state index contributed by atoms with van der Waals surface area (Å²) in [6.07, 6.45) is 7.10. The first-order valence-electron chi connectivity index (χ1n) is 10.1. The summed E-state index contributed by atoms with van der Waals surface area (Å²) in [6.45, 7) is 6.11. The van der Waals surface area contributed by atoms with Crippen LogP contribution in [0.15, 0.2) is 0 Å². The Morgan fingerprint density at radius 2 is 1.76 bits per heavy atom. The molecule has 8 atom stereocenters. The molecule has 0 saturated heterocycles. The summed E-state index contributed by atoms with van der Waals surface area (Å²) in [5.74, 6) is 1.75. The molecule has 2 unspecified atom stereocenters. The van der Waals surface area contributed by atoms with E-state index in [2.05, 4.69) is 13.8 Å². The molecule has 4 aliphatic carbocycles. The maximum atomic E-state index is 13.0. The van der Waals surface area contributed by atoms with Gasteiger partial charge in [0.1, 0.15) is 11.9 Å². The predicted molar refractivity (Wildman–Crippen MR) is 93.7 cm³/mol. The van der Waals surface area contributed by atoms with E-state index in [1.54, 1.807) is 0 Å². The second kappa shape index (κ2) is 5.80. The first-order chi connectivity index (χ1) is 11.8. The van der Waals surface area contributed by atoms with Crippen molar-refractivity contribution < 1.29 is 19.4 Å². The summed E-state index contributed by atoms with van der Waals surface area (Å²) in [6, 6.07) is 0. The molecule has 4 aliphatic rings. The average molecular weight is 348 g/mol. The van der Waals surface area contributed by atoms with Crippen LogP contribution in [0.25, 0.3) is 0 Å². The molecule has 4 nitrogen and oxygen atoms in total. The van der Waals surface area contributed by atoms with Gasteiger partial charge in [-0.3, -0.25) is 9.59 Å². The van der Waals surface area contributed by atoms with E-state index in [1.807, 2.05) is 0 Å². The third-order valence-electron chi connectivity index (χ3n) is 8.65. The zero-order chi connectivity index (χ0) is 18.0. The lowest BCUT2D eigenvalue weighted by Crippen LogP contribution is -2.57. The van der Waals surface area contributed by atoms with E-state index >= 15 is 0 Å². The molecular weight excluding hydrogens is 316 g/mol. The standard InChI is InChI=1S/C21H32O4/c1-12(22)25-19-5-4-15-14-11-18(24)17-10-13(23)6-8-20(17,2)16(14)7-9-21(15,19)3/h13-17,19,23H,4-11H2,1-3H3/t13?,14-,15-,16-,17+,19?,20+,21-/m0/s1. The van der Waals surface area contributed by atoms with Gasteiger partial charge < -0.3 is 9.84 Å². The number of aliphatic hydroxyl groups is 1. The summed E-state index contributed by atoms with van der Waals surface area (Å²) in [5.41, 5.74) is 0.0879. The number of rotatable bonds is 1. The summed E-state index contributed by atoms with van der Waals surface area (Å²) in [7, 11) is 0. The number of esters is 1. The average Bonchev–Trinajstić information content (AvgIpc) is 2.86. The molecule has 4 fully saturated rings. The molecule has 4 saturated carbocycles. The quantitative estimate of drug-likeness (QED) is 0.737. The highest BCUT2D eigenvalue weighted by Crippen LogP contribution is 2.65. The van der Waals surface area contributed by atoms with Crippen LogP contribution in [0.3, 0.4) is 0 Å². The fraction of sp³-hybridized carbons (Fsp3) is 0.905. The van der Waals surface area contributed by atoms with Gasteiger partial charge in [0.05, 0.1) is 6.10 Å². The van der Waals surface area contributed by atoms with E-state index in [-0.39, 0.29) is 34.9 Å². The van der Waals surface area contributed by atoms with Gasteiger partial charge in [-0.05, 0) is 68.1 Å². The van der Waals surface area contributed by atoms with Gasteiger partial charge in [-0.25, -0.2) is 0 Å². The van der Waals surface area contributed by atoms with Crippen LogP contribution in [0, 0.1) is 34.5 Å². The monoisotopic (exact) mass is 348 g/mol. The Hall–Kier alpha value is -0.900. The highest BCUT2D eigenvalue weighted by atomic mass is 16.5. The third-order valence-corrected chi connectivity index (χ3v) is 8.65. The second-order valence-corrected chi connectivity index (χ2v) is 9.75. The van der Waals surface area contributed by atoms with Crippen LogP contribution in [0.4, 0.5) is 0 Å². The van der Waals surface area contributed by atoms with E-state index in [0.717, 1.165) is 38.5 Å². The van der Waals surface area contributed by atoms with Crippen molar-refractivity contribution in [3.05, 3.63) is 0 Å². The molecule has 0 aromatic rings. The number of aliphatic hydroxyl groups excluding tert-OH is 1. The Labute approximate surface area is 150 Å². The fourth-order valence-electron chi connectivity index (χ4n) is 7.37. The molecule has 4 rings (SSSR count). The number of ketones is 1. The Balaban J connectivity index is 1.62. The lowest BCUT2D eigenvalue weighted by atomic mass is 9.45. The predicted octanol–water partition coefficient (Wildman–Crippen LogP) is 3.50. The number of ether oxygens (including phenoxy) is 1. The Bertz CT molecular complexity index is 586. The van der Waals surface area contributed by atoms with Crippen molar-refractivity contribution in [3.63, 3.8) is 0 Å². The van der Waals surface area contributed by atoms with Crippen molar-refractivity contribution in [1.82, 2.24) is 0 Å². The number of carbonyl (C=O) groups excluding carboxylic acids is 2. The third kappa shape index (κ3) is 2.50. The number of hydrogen-bond donors (Lipinski definition) is 1. The van der Waals surface area contributed by atoms with E-state index < -0.39 is 0 Å². The molecule has 0 aromatic carbocycles. The summed E-state index contributed by atoms with van der Waals surface area (Å²) in [4.78, 5) is 24.5. The van der Waals surface area contributed by atoms with Gasteiger partial charge in [0.2, 0.25) is 0 Å². The van der Waals surface area contributed by atoms with Crippen molar-refractivity contribution >= 4 is 11.8 Å². The smallest absolute Gasteiger partial charge is 0.302 e. The van der Waals surface area contributed by atoms with Gasteiger partial charge in [-0.15, -0.1) is 0 Å². The van der Waals surface area contributed by atoms with Gasteiger partial charge in [-0.1, -0.05) is 13.8 Å². The number of Topliss-reactive ketones (excluding diaryl/α,β-unsaturated/α-hetero) is 1. The highest BCUT2D eigenvalue weighted by Gasteiger charge is 2.62. The molecular formula is C21H32O4. The van der Waals surface area contributed by atoms with E-state index in [1.165, 1.54) is 6.92 Å². The van der Waals surface area contributed by atoms with E-state index in [4.69, 9.17) is 4.74 Å². The molecule has 0 bridgehead atoms. The van der Waals surface area contributed by atoms with Crippen molar-refractivity contribution in [2.24, 2.45) is 34.5 Å². The maximum Gasteiger partial charge on any atom is 0.302 e. The molecule has 140 valence electrons. The van der Waals surface area contributed by atoms with Crippen LogP contribution in [-0.4, -0.2) is 29.1 Å². The molecule has 25 heavy (non-hydrogen) atoms. The fourth-order valence-corrected chi connectivity index (χ4v) is 7.37. The SMILES string of the molecule is CC(=O)OC1CC[C@H]2[C@@H]3CC(=O)[C@H]4CC(O)CC[C@]4(C)[C@H]3CC[C@]12C. The molecule has 0 aliphatic heterocycles. The first-order valence-corrected chi connectivity index (χ1v) is 10.1. The minimum absolute atomic E-state index is 0.0183. The Morgan fingerprint density at radius 3 is 2.48 bits per heavy atom. The Kier molecular flexibility index (Phi) is 4.06. The lowest BCUT2D eigenvalue weighted by molar-refractivity contribution is -0.169. The summed E-state index contributed by atoms with van der Waals surface area (Å²) in [5, 5.41) is 10.1. The zero-order valence-corrected chi connectivity index (χ0v) is 15.8. The van der Waals surface area contributed by atoms with Crippen LogP contribution >= 0.6 is 0 Å². The van der Waals surface area contributed by atoms with Crippen LogP contribution in [0.5, 0.6) is 0 Å². The minimum atomic E-state index is -0.299. The van der Waals surface area contributed by atoms with Gasteiger partial charge in [0.25, 0.3) is 0 Å². The molecule has 0 aromatic heterocycles. The first kappa shape index (κ1) is 17.5. The molecule has 1 N–H and O–H groups in total. The normalized spacial score (nSPS) is 52.1. The number of hydrogen-bond acceptors (Lipinski definition) is 4. The van der Waals surface area contributed by atoms with Crippen LogP contribution in [-0.2, 0) is 14.3 Å². The van der Waals surface area contributed by atoms with Crippen molar-refractivity contribution in [2.75, 3.05) is 0 Å². The number of carbonyl (C=O) groups is 2. The molecule has 0 spiro atoms. The highest BCUT2D eigenvalue weighted by molar-refractivity contribution is 5.83. The van der Waals surface area contributed by atoms with Crippen LogP contribution in [0.2, 0.25) is 0 Å². The van der Waals surface area contributed by atoms with E-state index in [9.17, 15) is 14.7 Å². The minimum Gasteiger partial charge on any atom is -0.462 e. The molecule has 0 amide bonds. The zero-order valence-electron chi connectivity index (χ0n) is 15.8. The van der Waals surface area contributed by atoms with Gasteiger partial charge in [0, 0.05) is 24.7 Å². The van der Waals surface area contributed by atoms with Gasteiger partial charge in [0.15, 0.2) is 0 Å². The van der Waals surface area contributed by atoms with Crippen molar-refractivity contribution in [3.8, 4) is 0 Å². The maximum absolute atomic E-state index is 13.0. The molecule has 0 radical (unpaired) electrons. The van der Waals surface area contributed by atoms with Crippen LogP contribution in [0.1, 0.15) is 72.1 Å². The molecule has 4 heteroatoms. The Morgan fingerprint density at radius 1 is 1.08 bits per heavy atom. The van der Waals surface area contributed by atoms with Gasteiger partial charge in [-0.2, -0.15) is 0 Å².